The van der Waals surface area contributed by atoms with Gasteiger partial charge in [0.25, 0.3) is 0 Å². The maximum Gasteiger partial charge on any atom is 0.0577 e. The number of hydrogen-bond acceptors (Lipinski definition) is 1. The summed E-state index contributed by atoms with van der Waals surface area (Å²) in [5.41, 5.74) is 3.84. The Balaban J connectivity index is 1.64. The Bertz CT molecular complexity index is 371. The zero-order chi connectivity index (χ0) is 13.1. The lowest BCUT2D eigenvalue weighted by Crippen LogP contribution is -2.21. The highest BCUT2D eigenvalue weighted by Gasteiger charge is 2.36. The van der Waals surface area contributed by atoms with E-state index in [4.69, 9.17) is 0 Å². The van der Waals surface area contributed by atoms with Crippen LogP contribution in [0.4, 0.5) is 0 Å². The number of hydrogen-bond donors (Lipinski definition) is 1. The van der Waals surface area contributed by atoms with Crippen LogP contribution in [-0.4, -0.2) is 11.2 Å². The van der Waals surface area contributed by atoms with E-state index in [1.54, 1.807) is 5.57 Å². The smallest absolute Gasteiger partial charge is 0.0577 e. The molecule has 1 spiro atoms. The standard InChI is InChI=1S/C18H28O/c19-17-7-3-5-15(13-17)8-9-16-6-4-12-18(14-16)10-1-2-11-18/h8-9,17,19H,1-7,10-14H2/b15-8-,16-9+/t17-/m0/s1. The third-order valence-electron chi connectivity index (χ3n) is 5.56. The van der Waals surface area contributed by atoms with E-state index in [1.807, 2.05) is 0 Å². The fourth-order valence-corrected chi connectivity index (χ4v) is 4.50. The van der Waals surface area contributed by atoms with Crippen LogP contribution >= 0.6 is 0 Å². The van der Waals surface area contributed by atoms with Crippen molar-refractivity contribution in [1.29, 1.82) is 0 Å². The molecule has 0 aliphatic heterocycles. The van der Waals surface area contributed by atoms with E-state index in [2.05, 4.69) is 12.2 Å². The van der Waals surface area contributed by atoms with Gasteiger partial charge in [0.05, 0.1) is 6.10 Å². The predicted molar refractivity (Wildman–Crippen MR) is 80.0 cm³/mol. The Morgan fingerprint density at radius 3 is 2.37 bits per heavy atom. The molecule has 0 bridgehead atoms. The molecule has 106 valence electrons. The van der Waals surface area contributed by atoms with Gasteiger partial charge in [0.15, 0.2) is 0 Å². The summed E-state index contributed by atoms with van der Waals surface area (Å²) in [6, 6.07) is 0. The highest BCUT2D eigenvalue weighted by molar-refractivity contribution is 5.22. The number of aliphatic hydroxyl groups is 1. The molecule has 1 N–H and O–H groups in total. The summed E-state index contributed by atoms with van der Waals surface area (Å²) in [6.07, 6.45) is 20.4. The van der Waals surface area contributed by atoms with Gasteiger partial charge in [-0.05, 0) is 69.6 Å². The Morgan fingerprint density at radius 2 is 1.58 bits per heavy atom. The van der Waals surface area contributed by atoms with Crippen molar-refractivity contribution in [3.8, 4) is 0 Å². The van der Waals surface area contributed by atoms with E-state index in [1.165, 1.54) is 69.8 Å². The lowest BCUT2D eigenvalue weighted by molar-refractivity contribution is 0.149. The molecule has 1 heteroatoms. The maximum absolute atomic E-state index is 9.72. The van der Waals surface area contributed by atoms with Gasteiger partial charge in [-0.2, -0.15) is 0 Å². The van der Waals surface area contributed by atoms with Gasteiger partial charge in [-0.25, -0.2) is 0 Å². The van der Waals surface area contributed by atoms with Gasteiger partial charge in [0.1, 0.15) is 0 Å². The normalized spacial score (nSPS) is 35.3. The Morgan fingerprint density at radius 1 is 0.895 bits per heavy atom. The topological polar surface area (TPSA) is 20.2 Å². The first-order valence-electron chi connectivity index (χ1n) is 8.31. The lowest BCUT2D eigenvalue weighted by Gasteiger charge is -2.34. The van der Waals surface area contributed by atoms with Crippen molar-refractivity contribution in [1.82, 2.24) is 0 Å². The van der Waals surface area contributed by atoms with Crippen molar-refractivity contribution < 1.29 is 5.11 Å². The third-order valence-corrected chi connectivity index (χ3v) is 5.56. The molecule has 19 heavy (non-hydrogen) atoms. The Labute approximate surface area is 117 Å². The Hall–Kier alpha value is -0.560. The van der Waals surface area contributed by atoms with Crippen LogP contribution in [-0.2, 0) is 0 Å². The molecule has 0 radical (unpaired) electrons. The molecule has 0 saturated heterocycles. The van der Waals surface area contributed by atoms with Crippen molar-refractivity contribution in [3.63, 3.8) is 0 Å². The molecule has 0 aromatic heterocycles. The molecular formula is C18H28O. The van der Waals surface area contributed by atoms with Crippen LogP contribution in [0.15, 0.2) is 23.3 Å². The van der Waals surface area contributed by atoms with Crippen LogP contribution < -0.4 is 0 Å². The van der Waals surface area contributed by atoms with E-state index in [0.29, 0.717) is 5.41 Å². The second-order valence-corrected chi connectivity index (χ2v) is 7.14. The number of rotatable bonds is 1. The summed E-state index contributed by atoms with van der Waals surface area (Å²) in [7, 11) is 0. The van der Waals surface area contributed by atoms with Gasteiger partial charge in [-0.3, -0.25) is 0 Å². The van der Waals surface area contributed by atoms with Crippen molar-refractivity contribution in [2.45, 2.75) is 83.2 Å². The number of aliphatic hydroxyl groups excluding tert-OH is 1. The van der Waals surface area contributed by atoms with Crippen molar-refractivity contribution in [2.75, 3.05) is 0 Å². The third kappa shape index (κ3) is 3.31. The van der Waals surface area contributed by atoms with Crippen LogP contribution in [0.1, 0.15) is 77.0 Å². The van der Waals surface area contributed by atoms with Gasteiger partial charge >= 0.3 is 0 Å². The second kappa shape index (κ2) is 5.83. The molecule has 3 rings (SSSR count). The summed E-state index contributed by atoms with van der Waals surface area (Å²) >= 11 is 0. The van der Waals surface area contributed by atoms with Crippen molar-refractivity contribution >= 4 is 0 Å². The molecule has 0 heterocycles. The van der Waals surface area contributed by atoms with E-state index < -0.39 is 0 Å². The van der Waals surface area contributed by atoms with Gasteiger partial charge in [-0.15, -0.1) is 0 Å². The monoisotopic (exact) mass is 260 g/mol. The van der Waals surface area contributed by atoms with E-state index in [9.17, 15) is 5.11 Å². The van der Waals surface area contributed by atoms with Crippen LogP contribution in [0.3, 0.4) is 0 Å². The van der Waals surface area contributed by atoms with E-state index >= 15 is 0 Å². The molecular weight excluding hydrogens is 232 g/mol. The van der Waals surface area contributed by atoms with Gasteiger partial charge < -0.3 is 5.11 Å². The SMILES string of the molecule is O[C@H]1CCC/C(=C/C=C2\CCCC3(CCCC3)C2)C1. The van der Waals surface area contributed by atoms with Crippen molar-refractivity contribution in [3.05, 3.63) is 23.3 Å². The maximum atomic E-state index is 9.72. The zero-order valence-electron chi connectivity index (χ0n) is 12.2. The minimum atomic E-state index is -0.0778. The molecule has 0 aromatic rings. The minimum Gasteiger partial charge on any atom is -0.393 e. The molecule has 3 aliphatic carbocycles. The highest BCUT2D eigenvalue weighted by Crippen LogP contribution is 2.50. The molecule has 0 aromatic carbocycles. The number of allylic oxidation sites excluding steroid dienone is 3. The second-order valence-electron chi connectivity index (χ2n) is 7.14. The van der Waals surface area contributed by atoms with Crippen molar-refractivity contribution in [2.24, 2.45) is 5.41 Å². The molecule has 0 unspecified atom stereocenters. The van der Waals surface area contributed by atoms with Gasteiger partial charge in [0, 0.05) is 0 Å². The minimum absolute atomic E-state index is 0.0778. The average molecular weight is 260 g/mol. The highest BCUT2D eigenvalue weighted by atomic mass is 16.3. The summed E-state index contributed by atoms with van der Waals surface area (Å²) in [4.78, 5) is 0. The van der Waals surface area contributed by atoms with Crippen LogP contribution in [0.5, 0.6) is 0 Å². The van der Waals surface area contributed by atoms with Crippen LogP contribution in [0.25, 0.3) is 0 Å². The first-order valence-corrected chi connectivity index (χ1v) is 8.31. The van der Waals surface area contributed by atoms with Gasteiger partial charge in [-0.1, -0.05) is 36.1 Å². The lowest BCUT2D eigenvalue weighted by atomic mass is 9.71. The molecule has 1 nitrogen and oxygen atoms in total. The first-order chi connectivity index (χ1) is 9.26. The predicted octanol–water partition coefficient (Wildman–Crippen LogP) is 4.91. The fraction of sp³-hybridized carbons (Fsp3) is 0.778. The van der Waals surface area contributed by atoms with Crippen LogP contribution in [0, 0.1) is 5.41 Å². The van der Waals surface area contributed by atoms with E-state index in [-0.39, 0.29) is 6.10 Å². The largest absolute Gasteiger partial charge is 0.393 e. The summed E-state index contributed by atoms with van der Waals surface area (Å²) in [5.74, 6) is 0. The average Bonchev–Trinajstić information content (AvgIpc) is 2.85. The Kier molecular flexibility index (Phi) is 4.12. The summed E-state index contributed by atoms with van der Waals surface area (Å²) in [5, 5.41) is 9.72. The van der Waals surface area contributed by atoms with Crippen LogP contribution in [0.2, 0.25) is 0 Å². The molecule has 3 saturated carbocycles. The summed E-state index contributed by atoms with van der Waals surface area (Å²) < 4.78 is 0. The van der Waals surface area contributed by atoms with Gasteiger partial charge in [0.2, 0.25) is 0 Å². The zero-order valence-corrected chi connectivity index (χ0v) is 12.2. The van der Waals surface area contributed by atoms with E-state index in [0.717, 1.165) is 12.8 Å². The molecule has 1 atom stereocenters. The first kappa shape index (κ1) is 13.4. The molecule has 3 fully saturated rings. The quantitative estimate of drug-likeness (QED) is 0.710. The summed E-state index contributed by atoms with van der Waals surface area (Å²) in [6.45, 7) is 0. The molecule has 0 amide bonds. The molecule has 3 aliphatic rings. The fourth-order valence-electron chi connectivity index (χ4n) is 4.50.